The monoisotopic (exact) mass is 303 g/mol. The summed E-state index contributed by atoms with van der Waals surface area (Å²) in [5.74, 6) is -0.0149. The van der Waals surface area contributed by atoms with Crippen LogP contribution in [0.15, 0.2) is 36.4 Å². The zero-order chi connectivity index (χ0) is 15.0. The Hall–Kier alpha value is -2.47. The SMILES string of the molecule is Cc1ccc(F)c(-n2nnnc2-c2ccc(Cl)c(N)c2)c1. The molecule has 2 aromatic carbocycles. The molecule has 0 amide bonds. The van der Waals surface area contributed by atoms with E-state index in [1.54, 1.807) is 30.3 Å². The first-order chi connectivity index (χ1) is 10.1. The summed E-state index contributed by atoms with van der Waals surface area (Å²) in [6.45, 7) is 1.87. The molecular weight excluding hydrogens is 293 g/mol. The van der Waals surface area contributed by atoms with E-state index in [1.807, 2.05) is 6.92 Å². The molecule has 0 fully saturated rings. The minimum absolute atomic E-state index is 0.281. The number of aryl methyl sites for hydroxylation is 1. The number of hydrogen-bond donors (Lipinski definition) is 1. The van der Waals surface area contributed by atoms with Crippen LogP contribution in [-0.2, 0) is 0 Å². The van der Waals surface area contributed by atoms with Crippen molar-refractivity contribution in [2.75, 3.05) is 5.73 Å². The number of tetrazole rings is 1. The van der Waals surface area contributed by atoms with Gasteiger partial charge >= 0.3 is 0 Å². The number of nitrogen functional groups attached to an aromatic ring is 1. The Morgan fingerprint density at radius 3 is 2.76 bits per heavy atom. The van der Waals surface area contributed by atoms with Crippen LogP contribution in [0, 0.1) is 12.7 Å². The van der Waals surface area contributed by atoms with E-state index in [9.17, 15) is 4.39 Å². The largest absolute Gasteiger partial charge is 0.398 e. The van der Waals surface area contributed by atoms with Gasteiger partial charge in [-0.3, -0.25) is 0 Å². The third-order valence-corrected chi connectivity index (χ3v) is 3.40. The van der Waals surface area contributed by atoms with Crippen LogP contribution in [0.3, 0.4) is 0 Å². The van der Waals surface area contributed by atoms with Crippen molar-refractivity contribution in [1.29, 1.82) is 0 Å². The second-order valence-electron chi connectivity index (χ2n) is 4.61. The molecule has 3 aromatic rings. The van der Waals surface area contributed by atoms with Crippen molar-refractivity contribution in [3.63, 3.8) is 0 Å². The maximum absolute atomic E-state index is 14.0. The maximum atomic E-state index is 14.0. The third kappa shape index (κ3) is 2.45. The van der Waals surface area contributed by atoms with Gasteiger partial charge in [0.25, 0.3) is 0 Å². The number of rotatable bonds is 2. The fourth-order valence-corrected chi connectivity index (χ4v) is 2.11. The van der Waals surface area contributed by atoms with Gasteiger partial charge in [-0.2, -0.15) is 4.68 Å². The molecule has 0 aliphatic heterocycles. The van der Waals surface area contributed by atoms with Crippen molar-refractivity contribution in [3.05, 3.63) is 52.8 Å². The van der Waals surface area contributed by atoms with Gasteiger partial charge in [0, 0.05) is 5.56 Å². The summed E-state index contributed by atoms with van der Waals surface area (Å²) in [4.78, 5) is 0. The number of anilines is 1. The highest BCUT2D eigenvalue weighted by atomic mass is 35.5. The zero-order valence-electron chi connectivity index (χ0n) is 11.1. The molecule has 0 spiro atoms. The standard InChI is InChI=1S/C14H11ClFN5/c1-8-2-5-11(16)13(6-8)21-14(18-19-20-21)9-3-4-10(15)12(17)7-9/h2-7H,17H2,1H3. The van der Waals surface area contributed by atoms with Crippen LogP contribution in [0.25, 0.3) is 17.1 Å². The van der Waals surface area contributed by atoms with Gasteiger partial charge in [-0.1, -0.05) is 17.7 Å². The highest BCUT2D eigenvalue weighted by molar-refractivity contribution is 6.33. The van der Waals surface area contributed by atoms with E-state index in [2.05, 4.69) is 15.5 Å². The third-order valence-electron chi connectivity index (χ3n) is 3.05. The van der Waals surface area contributed by atoms with Crippen molar-refractivity contribution in [2.45, 2.75) is 6.92 Å². The Labute approximate surface area is 125 Å². The van der Waals surface area contributed by atoms with Crippen molar-refractivity contribution in [1.82, 2.24) is 20.2 Å². The molecule has 5 nitrogen and oxygen atoms in total. The van der Waals surface area contributed by atoms with E-state index < -0.39 is 5.82 Å². The molecule has 0 aliphatic carbocycles. The molecule has 0 saturated heterocycles. The molecule has 0 saturated carbocycles. The van der Waals surface area contributed by atoms with Gasteiger partial charge in [0.05, 0.1) is 10.7 Å². The van der Waals surface area contributed by atoms with Gasteiger partial charge in [0.2, 0.25) is 0 Å². The molecule has 3 rings (SSSR count). The molecule has 2 N–H and O–H groups in total. The normalized spacial score (nSPS) is 10.8. The van der Waals surface area contributed by atoms with E-state index in [0.29, 0.717) is 22.1 Å². The molecule has 1 heterocycles. The topological polar surface area (TPSA) is 69.6 Å². The van der Waals surface area contributed by atoms with Crippen molar-refractivity contribution in [3.8, 4) is 17.1 Å². The van der Waals surface area contributed by atoms with Gasteiger partial charge in [-0.15, -0.1) is 5.10 Å². The Balaban J connectivity index is 2.17. The van der Waals surface area contributed by atoms with Gasteiger partial charge in [0.1, 0.15) is 11.5 Å². The maximum Gasteiger partial charge on any atom is 0.187 e. The molecule has 0 unspecified atom stereocenters. The van der Waals surface area contributed by atoms with E-state index in [-0.39, 0.29) is 5.69 Å². The summed E-state index contributed by atoms with van der Waals surface area (Å²) in [5, 5.41) is 11.9. The van der Waals surface area contributed by atoms with Crippen molar-refractivity contribution < 1.29 is 4.39 Å². The fourth-order valence-electron chi connectivity index (χ4n) is 2.00. The number of nitrogens with two attached hydrogens (primary N) is 1. The smallest absolute Gasteiger partial charge is 0.187 e. The van der Waals surface area contributed by atoms with E-state index in [0.717, 1.165) is 5.56 Å². The van der Waals surface area contributed by atoms with Gasteiger partial charge in [-0.25, -0.2) is 4.39 Å². The Morgan fingerprint density at radius 1 is 1.19 bits per heavy atom. The predicted octanol–water partition coefficient (Wildman–Crippen LogP) is 3.01. The van der Waals surface area contributed by atoms with Gasteiger partial charge in [-0.05, 0) is 53.2 Å². The number of nitrogens with zero attached hydrogens (tertiary/aromatic N) is 4. The van der Waals surface area contributed by atoms with Crippen LogP contribution in [0.4, 0.5) is 10.1 Å². The summed E-state index contributed by atoms with van der Waals surface area (Å²) in [7, 11) is 0. The van der Waals surface area contributed by atoms with Gasteiger partial charge in [0.15, 0.2) is 5.82 Å². The van der Waals surface area contributed by atoms with Crippen LogP contribution < -0.4 is 5.73 Å². The van der Waals surface area contributed by atoms with Crippen LogP contribution in [0.1, 0.15) is 5.56 Å². The van der Waals surface area contributed by atoms with Crippen LogP contribution >= 0.6 is 11.6 Å². The lowest BCUT2D eigenvalue weighted by molar-refractivity contribution is 0.607. The molecule has 0 atom stereocenters. The van der Waals surface area contributed by atoms with Crippen LogP contribution in [0.2, 0.25) is 5.02 Å². The van der Waals surface area contributed by atoms with Crippen LogP contribution in [0.5, 0.6) is 0 Å². The Kier molecular flexibility index (Phi) is 3.31. The number of benzene rings is 2. The Morgan fingerprint density at radius 2 is 2.00 bits per heavy atom. The lowest BCUT2D eigenvalue weighted by Crippen LogP contribution is -2.03. The quantitative estimate of drug-likeness (QED) is 0.739. The second kappa shape index (κ2) is 5.14. The Bertz CT molecular complexity index is 815. The highest BCUT2D eigenvalue weighted by Gasteiger charge is 2.15. The first-order valence-corrected chi connectivity index (χ1v) is 6.54. The minimum Gasteiger partial charge on any atom is -0.398 e. The van der Waals surface area contributed by atoms with E-state index in [4.69, 9.17) is 17.3 Å². The van der Waals surface area contributed by atoms with Crippen molar-refractivity contribution in [2.24, 2.45) is 0 Å². The van der Waals surface area contributed by atoms with E-state index >= 15 is 0 Å². The first kappa shape index (κ1) is 13.5. The molecular formula is C14H11ClFN5. The molecule has 0 aliphatic rings. The predicted molar refractivity (Wildman–Crippen MR) is 78.7 cm³/mol. The average Bonchev–Trinajstić information content (AvgIpc) is 2.93. The lowest BCUT2D eigenvalue weighted by atomic mass is 10.1. The number of aromatic nitrogens is 4. The molecule has 0 bridgehead atoms. The summed E-state index contributed by atoms with van der Waals surface area (Å²) < 4.78 is 15.3. The highest BCUT2D eigenvalue weighted by Crippen LogP contribution is 2.27. The molecule has 21 heavy (non-hydrogen) atoms. The second-order valence-corrected chi connectivity index (χ2v) is 5.01. The molecule has 106 valence electrons. The number of hydrogen-bond acceptors (Lipinski definition) is 4. The van der Waals surface area contributed by atoms with Gasteiger partial charge < -0.3 is 5.73 Å². The fraction of sp³-hybridized carbons (Fsp3) is 0.0714. The molecule has 7 heteroatoms. The average molecular weight is 304 g/mol. The lowest BCUT2D eigenvalue weighted by Gasteiger charge is -2.07. The van der Waals surface area contributed by atoms with E-state index in [1.165, 1.54) is 10.7 Å². The zero-order valence-corrected chi connectivity index (χ0v) is 11.8. The molecule has 1 aromatic heterocycles. The summed E-state index contributed by atoms with van der Waals surface area (Å²) >= 11 is 5.90. The van der Waals surface area contributed by atoms with Crippen molar-refractivity contribution >= 4 is 17.3 Å². The minimum atomic E-state index is -0.406. The summed E-state index contributed by atoms with van der Waals surface area (Å²) in [6.07, 6.45) is 0. The summed E-state index contributed by atoms with van der Waals surface area (Å²) in [5.41, 5.74) is 8.04. The molecule has 0 radical (unpaired) electrons. The first-order valence-electron chi connectivity index (χ1n) is 6.16. The van der Waals surface area contributed by atoms with Crippen LogP contribution in [-0.4, -0.2) is 20.2 Å². The summed E-state index contributed by atoms with van der Waals surface area (Å²) in [6, 6.07) is 9.77. The number of halogens is 2.